The fraction of sp³-hybridized carbons (Fsp3) is 0.381. The smallest absolute Gasteiger partial charge is 0.231 e. The summed E-state index contributed by atoms with van der Waals surface area (Å²) in [6, 6.07) is 3.94. The van der Waals surface area contributed by atoms with E-state index in [1.165, 1.54) is 18.2 Å². The molecule has 1 fully saturated rings. The average molecular weight is 417 g/mol. The predicted octanol–water partition coefficient (Wildman–Crippen LogP) is 4.80. The Morgan fingerprint density at radius 3 is 2.86 bits per heavy atom. The van der Waals surface area contributed by atoms with E-state index in [9.17, 15) is 9.18 Å². The van der Waals surface area contributed by atoms with Crippen LogP contribution in [0.15, 0.2) is 22.6 Å². The zero-order valence-electron chi connectivity index (χ0n) is 16.6. The second-order valence-electron chi connectivity index (χ2n) is 7.46. The maximum absolute atomic E-state index is 13.2. The van der Waals surface area contributed by atoms with Crippen LogP contribution in [0, 0.1) is 32.5 Å². The standard InChI is InChI=1S/C21H22ClFN4O2/c1-11-12(2)29-21-18(11)19(24-13(3)25-21)27-8-4-5-14(10-27)20(28)26-17-7-6-15(23)9-16(17)22/h6-7,9,14H,4-5,8,10H2,1-3H3,(H,26,28)/t14-/m0/s1. The molecule has 1 atom stereocenters. The highest BCUT2D eigenvalue weighted by molar-refractivity contribution is 6.33. The molecule has 0 aliphatic carbocycles. The van der Waals surface area contributed by atoms with Gasteiger partial charge in [-0.2, -0.15) is 4.98 Å². The molecule has 1 aromatic carbocycles. The lowest BCUT2D eigenvalue weighted by molar-refractivity contribution is -0.120. The van der Waals surface area contributed by atoms with Crippen LogP contribution in [0.3, 0.4) is 0 Å². The minimum atomic E-state index is -0.439. The number of aryl methyl sites for hydroxylation is 3. The van der Waals surface area contributed by atoms with Crippen molar-refractivity contribution in [3.05, 3.63) is 46.2 Å². The van der Waals surface area contributed by atoms with Gasteiger partial charge < -0.3 is 14.6 Å². The zero-order valence-corrected chi connectivity index (χ0v) is 17.3. The highest BCUT2D eigenvalue weighted by atomic mass is 35.5. The Labute approximate surface area is 173 Å². The van der Waals surface area contributed by atoms with E-state index >= 15 is 0 Å². The van der Waals surface area contributed by atoms with E-state index in [-0.39, 0.29) is 16.8 Å². The van der Waals surface area contributed by atoms with E-state index in [1.54, 1.807) is 0 Å². The molecule has 0 spiro atoms. The van der Waals surface area contributed by atoms with E-state index in [4.69, 9.17) is 16.0 Å². The molecule has 1 aliphatic rings. The fourth-order valence-corrected chi connectivity index (χ4v) is 3.98. The first kappa shape index (κ1) is 19.6. The summed E-state index contributed by atoms with van der Waals surface area (Å²) in [6.45, 7) is 7.07. The molecule has 0 radical (unpaired) electrons. The molecule has 3 heterocycles. The van der Waals surface area contributed by atoms with Gasteiger partial charge in [0.2, 0.25) is 11.6 Å². The molecular weight excluding hydrogens is 395 g/mol. The van der Waals surface area contributed by atoms with Crippen LogP contribution in [0.5, 0.6) is 0 Å². The minimum Gasteiger partial charge on any atom is -0.443 e. The van der Waals surface area contributed by atoms with Crippen LogP contribution in [-0.4, -0.2) is 29.0 Å². The van der Waals surface area contributed by atoms with Gasteiger partial charge in [0.05, 0.1) is 22.0 Å². The number of hydrogen-bond donors (Lipinski definition) is 1. The van der Waals surface area contributed by atoms with Gasteiger partial charge >= 0.3 is 0 Å². The van der Waals surface area contributed by atoms with E-state index in [1.807, 2.05) is 20.8 Å². The summed E-state index contributed by atoms with van der Waals surface area (Å²) < 4.78 is 19.0. The summed E-state index contributed by atoms with van der Waals surface area (Å²) in [5, 5.41) is 3.91. The molecule has 152 valence electrons. The molecule has 1 N–H and O–H groups in total. The molecule has 4 rings (SSSR count). The molecule has 1 saturated heterocycles. The fourth-order valence-electron chi connectivity index (χ4n) is 3.77. The SMILES string of the molecule is Cc1nc(N2CCC[C@H](C(=O)Nc3ccc(F)cc3Cl)C2)c2c(C)c(C)oc2n1. The van der Waals surface area contributed by atoms with Gasteiger partial charge in [0.1, 0.15) is 23.2 Å². The topological polar surface area (TPSA) is 71.3 Å². The van der Waals surface area contributed by atoms with Crippen LogP contribution in [0.1, 0.15) is 30.0 Å². The Balaban J connectivity index is 1.59. The molecule has 0 unspecified atom stereocenters. The van der Waals surface area contributed by atoms with Crippen LogP contribution in [0.2, 0.25) is 5.02 Å². The number of amides is 1. The third-order valence-corrected chi connectivity index (χ3v) is 5.71. The van der Waals surface area contributed by atoms with Crippen molar-refractivity contribution in [3.63, 3.8) is 0 Å². The molecular formula is C21H22ClFN4O2. The third-order valence-electron chi connectivity index (χ3n) is 5.40. The largest absolute Gasteiger partial charge is 0.443 e. The lowest BCUT2D eigenvalue weighted by atomic mass is 9.96. The number of halogens is 2. The van der Waals surface area contributed by atoms with Crippen molar-refractivity contribution in [3.8, 4) is 0 Å². The maximum atomic E-state index is 13.2. The van der Waals surface area contributed by atoms with Crippen molar-refractivity contribution in [2.75, 3.05) is 23.3 Å². The summed E-state index contributed by atoms with van der Waals surface area (Å²) in [7, 11) is 0. The van der Waals surface area contributed by atoms with Crippen molar-refractivity contribution >= 4 is 40.1 Å². The Bertz CT molecular complexity index is 1100. The number of benzene rings is 1. The number of hydrogen-bond acceptors (Lipinski definition) is 5. The molecule has 29 heavy (non-hydrogen) atoms. The van der Waals surface area contributed by atoms with E-state index < -0.39 is 5.82 Å². The molecule has 6 nitrogen and oxygen atoms in total. The average Bonchev–Trinajstić information content (AvgIpc) is 2.97. The molecule has 2 aromatic heterocycles. The first-order valence-electron chi connectivity index (χ1n) is 9.58. The Morgan fingerprint density at radius 2 is 2.10 bits per heavy atom. The number of rotatable bonds is 3. The van der Waals surface area contributed by atoms with Gasteiger partial charge in [0.15, 0.2) is 0 Å². The van der Waals surface area contributed by atoms with Gasteiger partial charge in [-0.05, 0) is 51.8 Å². The van der Waals surface area contributed by atoms with Gasteiger partial charge in [0, 0.05) is 18.7 Å². The van der Waals surface area contributed by atoms with Gasteiger partial charge in [-0.3, -0.25) is 4.79 Å². The van der Waals surface area contributed by atoms with Crippen LogP contribution in [-0.2, 0) is 4.79 Å². The summed E-state index contributed by atoms with van der Waals surface area (Å²) in [5.41, 5.74) is 2.00. The Kier molecular flexibility index (Phi) is 5.17. The van der Waals surface area contributed by atoms with Gasteiger partial charge in [-0.15, -0.1) is 0 Å². The van der Waals surface area contributed by atoms with Gasteiger partial charge in [-0.25, -0.2) is 9.37 Å². The summed E-state index contributed by atoms with van der Waals surface area (Å²) in [5.74, 6) is 1.45. The molecule has 0 bridgehead atoms. The molecule has 3 aromatic rings. The second kappa shape index (κ2) is 7.63. The summed E-state index contributed by atoms with van der Waals surface area (Å²) >= 11 is 6.05. The van der Waals surface area contributed by atoms with Crippen molar-refractivity contribution < 1.29 is 13.6 Å². The quantitative estimate of drug-likeness (QED) is 0.664. The Morgan fingerprint density at radius 1 is 1.31 bits per heavy atom. The number of nitrogens with one attached hydrogen (secondary N) is 1. The molecule has 0 saturated carbocycles. The van der Waals surface area contributed by atoms with Crippen molar-refractivity contribution in [1.82, 2.24) is 9.97 Å². The molecule has 1 aliphatic heterocycles. The van der Waals surface area contributed by atoms with Crippen LogP contribution >= 0.6 is 11.6 Å². The summed E-state index contributed by atoms with van der Waals surface area (Å²) in [4.78, 5) is 24.0. The van der Waals surface area contributed by atoms with Crippen LogP contribution in [0.25, 0.3) is 11.1 Å². The molecule has 8 heteroatoms. The number of carbonyl (C=O) groups is 1. The monoisotopic (exact) mass is 416 g/mol. The van der Waals surface area contributed by atoms with E-state index in [2.05, 4.69) is 20.2 Å². The lowest BCUT2D eigenvalue weighted by Crippen LogP contribution is -2.41. The number of anilines is 2. The highest BCUT2D eigenvalue weighted by Crippen LogP contribution is 2.33. The number of carbonyl (C=O) groups excluding carboxylic acids is 1. The number of furan rings is 1. The molecule has 1 amide bonds. The number of nitrogens with zero attached hydrogens (tertiary/aromatic N) is 3. The Hall–Kier alpha value is -2.67. The van der Waals surface area contributed by atoms with Gasteiger partial charge in [0.25, 0.3) is 0 Å². The van der Waals surface area contributed by atoms with Crippen molar-refractivity contribution in [2.24, 2.45) is 5.92 Å². The van der Waals surface area contributed by atoms with E-state index in [0.29, 0.717) is 23.8 Å². The lowest BCUT2D eigenvalue weighted by Gasteiger charge is -2.33. The zero-order chi connectivity index (χ0) is 20.7. The van der Waals surface area contributed by atoms with Crippen molar-refractivity contribution in [1.29, 1.82) is 0 Å². The number of fused-ring (bicyclic) bond motifs is 1. The highest BCUT2D eigenvalue weighted by Gasteiger charge is 2.29. The number of piperidine rings is 1. The van der Waals surface area contributed by atoms with Gasteiger partial charge in [-0.1, -0.05) is 11.6 Å². The minimum absolute atomic E-state index is 0.134. The summed E-state index contributed by atoms with van der Waals surface area (Å²) in [6.07, 6.45) is 1.62. The predicted molar refractivity (Wildman–Crippen MR) is 111 cm³/mol. The second-order valence-corrected chi connectivity index (χ2v) is 7.86. The third kappa shape index (κ3) is 3.79. The van der Waals surface area contributed by atoms with E-state index in [0.717, 1.165) is 41.9 Å². The first-order chi connectivity index (χ1) is 13.8. The van der Waals surface area contributed by atoms with Crippen LogP contribution < -0.4 is 10.2 Å². The maximum Gasteiger partial charge on any atom is 0.231 e. The van der Waals surface area contributed by atoms with Crippen molar-refractivity contribution in [2.45, 2.75) is 33.6 Å². The van der Waals surface area contributed by atoms with Crippen LogP contribution in [0.4, 0.5) is 15.9 Å². The normalized spacial score (nSPS) is 17.0. The number of aromatic nitrogens is 2. The first-order valence-corrected chi connectivity index (χ1v) is 9.96.